The first-order valence-electron chi connectivity index (χ1n) is 7.04. The third kappa shape index (κ3) is 4.09. The van der Waals surface area contributed by atoms with Gasteiger partial charge in [-0.3, -0.25) is 4.79 Å². The topological polar surface area (TPSA) is 54.3 Å². The molecule has 2 aromatic heterocycles. The summed E-state index contributed by atoms with van der Waals surface area (Å²) in [4.78, 5) is 12.8. The van der Waals surface area contributed by atoms with Gasteiger partial charge in [0.1, 0.15) is 11.8 Å². The lowest BCUT2D eigenvalue weighted by molar-refractivity contribution is -0.121. The molecule has 0 aromatic carbocycles. The molecule has 2 heterocycles. The maximum Gasteiger partial charge on any atom is 0.221 e. The van der Waals surface area contributed by atoms with E-state index < -0.39 is 0 Å². The summed E-state index contributed by atoms with van der Waals surface area (Å²) in [6.45, 7) is 0.597. The van der Waals surface area contributed by atoms with Gasteiger partial charge >= 0.3 is 0 Å². The van der Waals surface area contributed by atoms with Crippen molar-refractivity contribution in [2.24, 2.45) is 0 Å². The summed E-state index contributed by atoms with van der Waals surface area (Å²) in [5.74, 6) is 0.934. The standard InChI is InChI=1S/C15H17ClN2O2S/c16-13-6-5-12(21-13)15(11-2-1-9-20-11)17-8-7-14(19)18-10-3-4-10/h1-2,5-6,9-10,15,17H,3-4,7-8H2,(H,18,19). The Morgan fingerprint density at radius 2 is 2.29 bits per heavy atom. The van der Waals surface area contributed by atoms with Crippen LogP contribution in [0, 0.1) is 0 Å². The molecule has 1 fully saturated rings. The Hall–Kier alpha value is -1.30. The van der Waals surface area contributed by atoms with E-state index in [0.717, 1.165) is 27.8 Å². The lowest BCUT2D eigenvalue weighted by Crippen LogP contribution is -2.30. The summed E-state index contributed by atoms with van der Waals surface area (Å²) < 4.78 is 6.24. The van der Waals surface area contributed by atoms with E-state index in [-0.39, 0.29) is 11.9 Å². The Balaban J connectivity index is 1.58. The molecule has 0 bridgehead atoms. The van der Waals surface area contributed by atoms with Crippen LogP contribution in [0.15, 0.2) is 34.9 Å². The molecule has 1 amide bonds. The number of carbonyl (C=O) groups is 1. The van der Waals surface area contributed by atoms with Crippen molar-refractivity contribution in [2.45, 2.75) is 31.3 Å². The maximum atomic E-state index is 11.7. The fourth-order valence-electron chi connectivity index (χ4n) is 2.14. The Morgan fingerprint density at radius 1 is 1.43 bits per heavy atom. The van der Waals surface area contributed by atoms with Gasteiger partial charge in [0.05, 0.1) is 10.6 Å². The summed E-state index contributed by atoms with van der Waals surface area (Å²) >= 11 is 7.53. The Labute approximate surface area is 132 Å². The Bertz CT molecular complexity index is 593. The smallest absolute Gasteiger partial charge is 0.221 e. The van der Waals surface area contributed by atoms with Crippen LogP contribution in [0.1, 0.15) is 35.9 Å². The third-order valence-electron chi connectivity index (χ3n) is 3.35. The van der Waals surface area contributed by atoms with Gasteiger partial charge in [-0.2, -0.15) is 0 Å². The van der Waals surface area contributed by atoms with Gasteiger partial charge in [0.2, 0.25) is 5.91 Å². The molecule has 21 heavy (non-hydrogen) atoms. The first-order valence-corrected chi connectivity index (χ1v) is 8.23. The molecule has 1 aliphatic carbocycles. The van der Waals surface area contributed by atoms with Gasteiger partial charge in [-0.05, 0) is 37.1 Å². The molecule has 1 atom stereocenters. The molecule has 3 rings (SSSR count). The van der Waals surface area contributed by atoms with Crippen molar-refractivity contribution in [1.82, 2.24) is 10.6 Å². The van der Waals surface area contributed by atoms with Crippen LogP contribution in [-0.4, -0.2) is 18.5 Å². The number of furan rings is 1. The molecule has 1 unspecified atom stereocenters. The molecule has 0 spiro atoms. The van der Waals surface area contributed by atoms with Crippen molar-refractivity contribution in [1.29, 1.82) is 0 Å². The number of carbonyl (C=O) groups excluding carboxylic acids is 1. The minimum absolute atomic E-state index is 0.0637. The SMILES string of the molecule is O=C(CCNC(c1ccco1)c1ccc(Cl)s1)NC1CC1. The van der Waals surface area contributed by atoms with Crippen LogP contribution in [-0.2, 0) is 4.79 Å². The highest BCUT2D eigenvalue weighted by molar-refractivity contribution is 7.16. The first-order chi connectivity index (χ1) is 10.2. The molecule has 1 saturated carbocycles. The summed E-state index contributed by atoms with van der Waals surface area (Å²) in [5, 5.41) is 6.36. The zero-order chi connectivity index (χ0) is 14.7. The number of halogens is 1. The average molecular weight is 325 g/mol. The van der Waals surface area contributed by atoms with Crippen molar-refractivity contribution >= 4 is 28.8 Å². The molecule has 0 radical (unpaired) electrons. The maximum absolute atomic E-state index is 11.7. The zero-order valence-corrected chi connectivity index (χ0v) is 13.0. The van der Waals surface area contributed by atoms with E-state index in [9.17, 15) is 4.79 Å². The van der Waals surface area contributed by atoms with Crippen LogP contribution >= 0.6 is 22.9 Å². The van der Waals surface area contributed by atoms with Crippen LogP contribution in [0.25, 0.3) is 0 Å². The Kier molecular flexibility index (Phi) is 4.63. The van der Waals surface area contributed by atoms with Crippen LogP contribution in [0.3, 0.4) is 0 Å². The molecular formula is C15H17ClN2O2S. The van der Waals surface area contributed by atoms with Crippen LogP contribution in [0.2, 0.25) is 4.34 Å². The number of thiophene rings is 1. The highest BCUT2D eigenvalue weighted by Crippen LogP contribution is 2.31. The zero-order valence-electron chi connectivity index (χ0n) is 11.5. The molecule has 1 aliphatic rings. The minimum Gasteiger partial charge on any atom is -0.467 e. The third-order valence-corrected chi connectivity index (χ3v) is 4.65. The second-order valence-electron chi connectivity index (χ2n) is 5.14. The molecule has 0 saturated heterocycles. The predicted molar refractivity (Wildman–Crippen MR) is 83.7 cm³/mol. The van der Waals surface area contributed by atoms with Crippen molar-refractivity contribution < 1.29 is 9.21 Å². The molecule has 2 N–H and O–H groups in total. The lowest BCUT2D eigenvalue weighted by Gasteiger charge is -2.15. The van der Waals surface area contributed by atoms with Crippen molar-refractivity contribution in [3.8, 4) is 0 Å². The highest BCUT2D eigenvalue weighted by atomic mass is 35.5. The summed E-state index contributed by atoms with van der Waals surface area (Å²) in [5.41, 5.74) is 0. The monoisotopic (exact) mass is 324 g/mol. The fraction of sp³-hybridized carbons (Fsp3) is 0.400. The second kappa shape index (κ2) is 6.64. The van der Waals surface area contributed by atoms with E-state index in [1.165, 1.54) is 11.3 Å². The van der Waals surface area contributed by atoms with Crippen LogP contribution in [0.5, 0.6) is 0 Å². The molecular weight excluding hydrogens is 308 g/mol. The molecule has 112 valence electrons. The number of amides is 1. The van der Waals surface area contributed by atoms with Gasteiger partial charge in [-0.25, -0.2) is 0 Å². The Morgan fingerprint density at radius 3 is 2.90 bits per heavy atom. The van der Waals surface area contributed by atoms with Gasteiger partial charge in [-0.15, -0.1) is 11.3 Å². The van der Waals surface area contributed by atoms with Gasteiger partial charge in [-0.1, -0.05) is 11.6 Å². The van der Waals surface area contributed by atoms with Crippen LogP contribution < -0.4 is 10.6 Å². The normalized spacial score (nSPS) is 15.9. The van der Waals surface area contributed by atoms with Crippen molar-refractivity contribution in [2.75, 3.05) is 6.54 Å². The number of rotatable bonds is 7. The number of nitrogens with one attached hydrogen (secondary N) is 2. The van der Waals surface area contributed by atoms with E-state index in [4.69, 9.17) is 16.0 Å². The summed E-state index contributed by atoms with van der Waals surface area (Å²) in [7, 11) is 0. The average Bonchev–Trinajstić information content (AvgIpc) is 2.94. The van der Waals surface area contributed by atoms with Gasteiger partial charge in [0, 0.05) is 23.9 Å². The predicted octanol–water partition coefficient (Wildman–Crippen LogP) is 3.34. The highest BCUT2D eigenvalue weighted by Gasteiger charge is 2.23. The molecule has 6 heteroatoms. The van der Waals surface area contributed by atoms with Crippen LogP contribution in [0.4, 0.5) is 0 Å². The summed E-state index contributed by atoms with van der Waals surface area (Å²) in [6, 6.07) is 7.99. The van der Waals surface area contributed by atoms with E-state index in [1.807, 2.05) is 24.3 Å². The van der Waals surface area contributed by atoms with E-state index in [0.29, 0.717) is 19.0 Å². The lowest BCUT2D eigenvalue weighted by atomic mass is 10.2. The number of hydrogen-bond acceptors (Lipinski definition) is 4. The van der Waals surface area contributed by atoms with Gasteiger partial charge < -0.3 is 15.1 Å². The van der Waals surface area contributed by atoms with E-state index in [1.54, 1.807) is 6.26 Å². The quantitative estimate of drug-likeness (QED) is 0.821. The van der Waals surface area contributed by atoms with Crippen molar-refractivity contribution in [3.05, 3.63) is 45.5 Å². The summed E-state index contributed by atoms with van der Waals surface area (Å²) in [6.07, 6.45) is 4.34. The van der Waals surface area contributed by atoms with Crippen molar-refractivity contribution in [3.63, 3.8) is 0 Å². The largest absolute Gasteiger partial charge is 0.467 e. The molecule has 2 aromatic rings. The van der Waals surface area contributed by atoms with Gasteiger partial charge in [0.15, 0.2) is 0 Å². The molecule has 4 nitrogen and oxygen atoms in total. The second-order valence-corrected chi connectivity index (χ2v) is 6.88. The van der Waals surface area contributed by atoms with E-state index >= 15 is 0 Å². The number of hydrogen-bond donors (Lipinski definition) is 2. The fourth-order valence-corrected chi connectivity index (χ4v) is 3.28. The van der Waals surface area contributed by atoms with Gasteiger partial charge in [0.25, 0.3) is 0 Å². The van der Waals surface area contributed by atoms with E-state index in [2.05, 4.69) is 10.6 Å². The molecule has 0 aliphatic heterocycles. The first kappa shape index (κ1) is 14.6. The minimum atomic E-state index is -0.0637.